The maximum Gasteiger partial charge on any atom is 0.254 e. The zero-order valence-electron chi connectivity index (χ0n) is 12.2. The van der Waals surface area contributed by atoms with Crippen molar-refractivity contribution in [2.24, 2.45) is 5.73 Å². The molecule has 0 saturated heterocycles. The van der Waals surface area contributed by atoms with E-state index in [4.69, 9.17) is 5.73 Å². The van der Waals surface area contributed by atoms with E-state index in [9.17, 15) is 9.59 Å². The summed E-state index contributed by atoms with van der Waals surface area (Å²) in [5.41, 5.74) is 6.71. The van der Waals surface area contributed by atoms with E-state index >= 15 is 0 Å². The van der Waals surface area contributed by atoms with Crippen molar-refractivity contribution in [3.63, 3.8) is 0 Å². The highest BCUT2D eigenvalue weighted by atomic mass is 35.5. The van der Waals surface area contributed by atoms with Gasteiger partial charge in [-0.05, 0) is 24.6 Å². The summed E-state index contributed by atoms with van der Waals surface area (Å²) in [6.45, 7) is 1.59. The van der Waals surface area contributed by atoms with Crippen molar-refractivity contribution < 1.29 is 4.79 Å². The molecule has 3 N–H and O–H groups in total. The minimum atomic E-state index is -0.278. The van der Waals surface area contributed by atoms with Crippen molar-refractivity contribution in [3.8, 4) is 0 Å². The van der Waals surface area contributed by atoms with Gasteiger partial charge in [0.25, 0.3) is 5.91 Å². The number of carbonyl (C=O) groups is 1. The number of nitrogens with two attached hydrogens (primary N) is 1. The quantitative estimate of drug-likeness (QED) is 0.851. The van der Waals surface area contributed by atoms with E-state index in [1.165, 1.54) is 12.3 Å². The average Bonchev–Trinajstić information content (AvgIpc) is 2.51. The van der Waals surface area contributed by atoms with Gasteiger partial charge in [0.2, 0.25) is 5.56 Å². The number of pyridine rings is 1. The number of H-pyrrole nitrogens is 1. The van der Waals surface area contributed by atoms with Gasteiger partial charge in [-0.15, -0.1) is 12.4 Å². The predicted molar refractivity (Wildman–Crippen MR) is 89.2 cm³/mol. The molecule has 1 heterocycles. The molecule has 118 valence electrons. The lowest BCUT2D eigenvalue weighted by Gasteiger charge is -2.22. The number of halogens is 1. The molecule has 1 aromatic heterocycles. The van der Waals surface area contributed by atoms with Crippen molar-refractivity contribution in [3.05, 3.63) is 70.1 Å². The summed E-state index contributed by atoms with van der Waals surface area (Å²) in [7, 11) is 0. The highest BCUT2D eigenvalue weighted by molar-refractivity contribution is 5.94. The van der Waals surface area contributed by atoms with E-state index in [1.54, 1.807) is 11.0 Å². The van der Waals surface area contributed by atoms with Gasteiger partial charge in [0.05, 0.1) is 0 Å². The molecule has 22 heavy (non-hydrogen) atoms. The van der Waals surface area contributed by atoms with E-state index in [0.29, 0.717) is 25.2 Å². The first-order chi connectivity index (χ1) is 10.2. The molecule has 0 fully saturated rings. The molecule has 6 heteroatoms. The number of amides is 1. The van der Waals surface area contributed by atoms with Gasteiger partial charge in [0.15, 0.2) is 0 Å². The molecular formula is C16H20ClN3O2. The largest absolute Gasteiger partial charge is 0.334 e. The van der Waals surface area contributed by atoms with Crippen LogP contribution in [0.4, 0.5) is 0 Å². The van der Waals surface area contributed by atoms with Gasteiger partial charge in [-0.3, -0.25) is 9.59 Å². The smallest absolute Gasteiger partial charge is 0.254 e. The maximum atomic E-state index is 12.5. The molecule has 0 aliphatic carbocycles. The number of benzene rings is 1. The Hall–Kier alpha value is -2.11. The number of hydrogen-bond acceptors (Lipinski definition) is 3. The summed E-state index contributed by atoms with van der Waals surface area (Å²) < 4.78 is 0. The van der Waals surface area contributed by atoms with Crippen LogP contribution in [0.1, 0.15) is 22.3 Å². The van der Waals surface area contributed by atoms with Gasteiger partial charge in [-0.25, -0.2) is 0 Å². The second-order valence-corrected chi connectivity index (χ2v) is 4.80. The number of carbonyl (C=O) groups excluding carboxylic acids is 1. The maximum absolute atomic E-state index is 12.5. The van der Waals surface area contributed by atoms with E-state index < -0.39 is 0 Å². The van der Waals surface area contributed by atoms with E-state index in [-0.39, 0.29) is 23.9 Å². The molecule has 2 aromatic rings. The standard InChI is InChI=1S/C16H19N3O2.ClH/c17-8-4-10-19(12-13-5-2-1-3-6-13)16(21)14-7-9-18-15(20)11-14;/h1-3,5-7,9,11H,4,8,10,12,17H2,(H,18,20);1H. The number of aromatic amines is 1. The van der Waals surface area contributed by atoms with Crippen LogP contribution in [0.15, 0.2) is 53.5 Å². The Bertz CT molecular complexity index is 643. The van der Waals surface area contributed by atoms with E-state index in [1.807, 2.05) is 30.3 Å². The second kappa shape index (κ2) is 9.02. The molecule has 0 aliphatic heterocycles. The summed E-state index contributed by atoms with van der Waals surface area (Å²) in [5, 5.41) is 0. The number of nitrogens with zero attached hydrogens (tertiary/aromatic N) is 1. The van der Waals surface area contributed by atoms with Crippen LogP contribution in [-0.2, 0) is 6.54 Å². The molecule has 0 unspecified atom stereocenters. The Morgan fingerprint density at radius 1 is 1.18 bits per heavy atom. The van der Waals surface area contributed by atoms with Gasteiger partial charge >= 0.3 is 0 Å². The van der Waals surface area contributed by atoms with Crippen molar-refractivity contribution in [1.82, 2.24) is 9.88 Å². The van der Waals surface area contributed by atoms with Crippen molar-refractivity contribution >= 4 is 18.3 Å². The molecule has 0 spiro atoms. The lowest BCUT2D eigenvalue weighted by molar-refractivity contribution is 0.0742. The summed E-state index contributed by atoms with van der Waals surface area (Å²) in [5.74, 6) is -0.154. The van der Waals surface area contributed by atoms with Crippen molar-refractivity contribution in [2.75, 3.05) is 13.1 Å². The Labute approximate surface area is 135 Å². The molecule has 0 atom stereocenters. The Morgan fingerprint density at radius 3 is 2.55 bits per heavy atom. The lowest BCUT2D eigenvalue weighted by Crippen LogP contribution is -2.33. The monoisotopic (exact) mass is 321 g/mol. The van der Waals surface area contributed by atoms with E-state index in [2.05, 4.69) is 4.98 Å². The lowest BCUT2D eigenvalue weighted by atomic mass is 10.1. The first-order valence-electron chi connectivity index (χ1n) is 6.92. The summed E-state index contributed by atoms with van der Waals surface area (Å²) in [6, 6.07) is 12.7. The van der Waals surface area contributed by atoms with Crippen LogP contribution in [0.3, 0.4) is 0 Å². The highest BCUT2D eigenvalue weighted by Gasteiger charge is 2.16. The predicted octanol–water partition coefficient (Wildman–Crippen LogP) is 1.79. The van der Waals surface area contributed by atoms with Crippen molar-refractivity contribution in [2.45, 2.75) is 13.0 Å². The minimum absolute atomic E-state index is 0. The Kier molecular flexibility index (Phi) is 7.36. The Balaban J connectivity index is 0.00000242. The number of rotatable bonds is 6. The normalized spacial score (nSPS) is 9.86. The molecule has 0 saturated carbocycles. The fourth-order valence-corrected chi connectivity index (χ4v) is 2.10. The van der Waals surface area contributed by atoms with Crippen LogP contribution in [0.5, 0.6) is 0 Å². The van der Waals surface area contributed by atoms with Gasteiger partial charge in [0.1, 0.15) is 0 Å². The van der Waals surface area contributed by atoms with Gasteiger partial charge in [0, 0.05) is 30.9 Å². The zero-order valence-corrected chi connectivity index (χ0v) is 13.0. The minimum Gasteiger partial charge on any atom is -0.334 e. The van der Waals surface area contributed by atoms with Crippen LogP contribution in [0.25, 0.3) is 0 Å². The molecule has 0 aliphatic rings. The molecule has 5 nitrogen and oxygen atoms in total. The van der Waals surface area contributed by atoms with Gasteiger partial charge in [-0.1, -0.05) is 30.3 Å². The van der Waals surface area contributed by atoms with Gasteiger partial charge in [-0.2, -0.15) is 0 Å². The summed E-state index contributed by atoms with van der Waals surface area (Å²) in [6.07, 6.45) is 2.21. The molecule has 0 bridgehead atoms. The van der Waals surface area contributed by atoms with Crippen LogP contribution in [0, 0.1) is 0 Å². The third-order valence-electron chi connectivity index (χ3n) is 3.16. The first-order valence-corrected chi connectivity index (χ1v) is 6.92. The fourth-order valence-electron chi connectivity index (χ4n) is 2.10. The van der Waals surface area contributed by atoms with Crippen molar-refractivity contribution in [1.29, 1.82) is 0 Å². The van der Waals surface area contributed by atoms with Crippen LogP contribution < -0.4 is 11.3 Å². The van der Waals surface area contributed by atoms with E-state index in [0.717, 1.165) is 12.0 Å². The number of hydrogen-bond donors (Lipinski definition) is 2. The molecule has 0 radical (unpaired) electrons. The first kappa shape index (κ1) is 17.9. The number of nitrogens with one attached hydrogen (secondary N) is 1. The zero-order chi connectivity index (χ0) is 15.1. The summed E-state index contributed by atoms with van der Waals surface area (Å²) in [4.78, 5) is 28.1. The van der Waals surface area contributed by atoms with Crippen LogP contribution >= 0.6 is 12.4 Å². The highest BCUT2D eigenvalue weighted by Crippen LogP contribution is 2.09. The second-order valence-electron chi connectivity index (χ2n) is 4.80. The molecular weight excluding hydrogens is 302 g/mol. The number of aromatic nitrogens is 1. The van der Waals surface area contributed by atoms with Crippen LogP contribution in [-0.4, -0.2) is 28.9 Å². The molecule has 2 rings (SSSR count). The summed E-state index contributed by atoms with van der Waals surface area (Å²) >= 11 is 0. The van der Waals surface area contributed by atoms with Gasteiger partial charge < -0.3 is 15.6 Å². The molecule has 1 amide bonds. The third kappa shape index (κ3) is 5.02. The van der Waals surface area contributed by atoms with Crippen LogP contribution in [0.2, 0.25) is 0 Å². The average molecular weight is 322 g/mol. The third-order valence-corrected chi connectivity index (χ3v) is 3.16. The topological polar surface area (TPSA) is 79.2 Å². The SMILES string of the molecule is Cl.NCCCN(Cc1ccccc1)C(=O)c1cc[nH]c(=O)c1. The Morgan fingerprint density at radius 2 is 1.91 bits per heavy atom. The molecule has 1 aromatic carbocycles. The fraction of sp³-hybridized carbons (Fsp3) is 0.250.